The number of para-hydroxylation sites is 3. The number of amidine groups is 1. The van der Waals surface area contributed by atoms with Crippen LogP contribution in [0.5, 0.6) is 0 Å². The second-order valence-corrected chi connectivity index (χ2v) is 12.7. The zero-order valence-electron chi connectivity index (χ0n) is 27.1. The Morgan fingerprint density at radius 2 is 0.920 bits per heavy atom. The van der Waals surface area contributed by atoms with Crippen LogP contribution in [0.2, 0.25) is 0 Å². The highest BCUT2D eigenvalue weighted by Gasteiger charge is 2.26. The van der Waals surface area contributed by atoms with Crippen molar-refractivity contribution in [3.05, 3.63) is 187 Å². The Morgan fingerprint density at radius 3 is 1.58 bits per heavy atom. The fourth-order valence-corrected chi connectivity index (χ4v) is 7.49. The highest BCUT2D eigenvalue weighted by Crippen LogP contribution is 2.40. The third-order valence-electron chi connectivity index (χ3n) is 9.79. The Hall–Kier alpha value is -6.72. The molecule has 0 bridgehead atoms. The van der Waals surface area contributed by atoms with E-state index < -0.39 is 0 Å². The molecule has 7 aromatic carbocycles. The molecule has 1 N–H and O–H groups in total. The summed E-state index contributed by atoms with van der Waals surface area (Å²) >= 11 is 0. The van der Waals surface area contributed by atoms with Gasteiger partial charge in [0.05, 0.1) is 22.1 Å². The highest BCUT2D eigenvalue weighted by atomic mass is 15.3. The van der Waals surface area contributed by atoms with Crippen molar-refractivity contribution in [2.75, 3.05) is 0 Å². The van der Waals surface area contributed by atoms with Crippen molar-refractivity contribution in [3.63, 3.8) is 0 Å². The first-order chi connectivity index (χ1) is 24.8. The largest absolute Gasteiger partial charge is 0.330 e. The van der Waals surface area contributed by atoms with Gasteiger partial charge in [-0.15, -0.1) is 0 Å². The molecule has 3 heterocycles. The van der Waals surface area contributed by atoms with Gasteiger partial charge in [-0.1, -0.05) is 152 Å². The average molecular weight is 642 g/mol. The third kappa shape index (κ3) is 4.48. The molecule has 0 saturated heterocycles. The van der Waals surface area contributed by atoms with E-state index in [9.17, 15) is 0 Å². The number of nitrogens with zero attached hydrogens (tertiary/aromatic N) is 4. The van der Waals surface area contributed by atoms with Gasteiger partial charge in [0, 0.05) is 32.8 Å². The Bertz CT molecular complexity index is 2760. The van der Waals surface area contributed by atoms with E-state index in [1.807, 2.05) is 12.1 Å². The molecule has 1 aliphatic rings. The Balaban J connectivity index is 1.26. The van der Waals surface area contributed by atoms with E-state index >= 15 is 0 Å². The Kier molecular flexibility index (Phi) is 6.49. The lowest BCUT2D eigenvalue weighted by Crippen LogP contribution is -2.37. The molecule has 5 nitrogen and oxygen atoms in total. The summed E-state index contributed by atoms with van der Waals surface area (Å²) in [4.78, 5) is 10.6. The first-order valence-corrected chi connectivity index (χ1v) is 17.0. The highest BCUT2D eigenvalue weighted by molar-refractivity contribution is 6.26. The number of aromatic nitrogens is 2. The van der Waals surface area contributed by atoms with Gasteiger partial charge < -0.3 is 9.88 Å². The van der Waals surface area contributed by atoms with Gasteiger partial charge in [-0.2, -0.15) is 4.99 Å². The van der Waals surface area contributed by atoms with Gasteiger partial charge in [0.25, 0.3) is 0 Å². The van der Waals surface area contributed by atoms with Crippen LogP contribution in [0.1, 0.15) is 17.3 Å². The molecule has 1 unspecified atom stereocenters. The normalized spacial score (nSPS) is 14.6. The third-order valence-corrected chi connectivity index (χ3v) is 9.79. The summed E-state index contributed by atoms with van der Waals surface area (Å²) < 4.78 is 4.71. The fourth-order valence-electron chi connectivity index (χ4n) is 7.49. The molecule has 1 aliphatic heterocycles. The lowest BCUT2D eigenvalue weighted by atomic mass is 10.0. The fraction of sp³-hybridized carbons (Fsp3) is 0.0222. The van der Waals surface area contributed by atoms with Crippen LogP contribution in [0, 0.1) is 0 Å². The summed E-state index contributed by atoms with van der Waals surface area (Å²) in [5.41, 5.74) is 9.98. The summed E-state index contributed by atoms with van der Waals surface area (Å²) in [5, 5.41) is 8.52. The molecule has 236 valence electrons. The minimum absolute atomic E-state index is 0.331. The Labute approximate surface area is 289 Å². The zero-order valence-corrected chi connectivity index (χ0v) is 27.1. The molecule has 10 rings (SSSR count). The Morgan fingerprint density at radius 1 is 0.420 bits per heavy atom. The molecule has 0 aliphatic carbocycles. The SMILES string of the molecule is c1ccc(-c2ccc(C3=NC(c4ccccc4)NC(n4c5ccccc5c5ccc6c7ccccc7n(-c7ccccc7)c6c54)=N3)cc2)cc1. The monoisotopic (exact) mass is 641 g/mol. The molecule has 5 heteroatoms. The van der Waals surface area contributed by atoms with Crippen LogP contribution in [0.25, 0.3) is 60.4 Å². The summed E-state index contributed by atoms with van der Waals surface area (Å²) in [6, 6.07) is 62.0. The first kappa shape index (κ1) is 28.3. The van der Waals surface area contributed by atoms with E-state index in [4.69, 9.17) is 9.98 Å². The number of fused-ring (bicyclic) bond motifs is 7. The maximum atomic E-state index is 5.35. The van der Waals surface area contributed by atoms with E-state index in [1.54, 1.807) is 0 Å². The van der Waals surface area contributed by atoms with Crippen molar-refractivity contribution in [2.24, 2.45) is 9.98 Å². The van der Waals surface area contributed by atoms with Gasteiger partial charge in [0.1, 0.15) is 6.17 Å². The first-order valence-electron chi connectivity index (χ1n) is 17.0. The number of hydrogen-bond donors (Lipinski definition) is 1. The van der Waals surface area contributed by atoms with Gasteiger partial charge >= 0.3 is 0 Å². The number of aliphatic imine (C=N–C) groups is 2. The summed E-state index contributed by atoms with van der Waals surface area (Å²) in [7, 11) is 0. The smallest absolute Gasteiger partial charge is 0.212 e. The number of nitrogens with one attached hydrogen (secondary N) is 1. The van der Waals surface area contributed by atoms with Crippen molar-refractivity contribution in [1.29, 1.82) is 0 Å². The quantitative estimate of drug-likeness (QED) is 0.204. The summed E-state index contributed by atoms with van der Waals surface area (Å²) in [5.74, 6) is 1.42. The minimum Gasteiger partial charge on any atom is -0.330 e. The molecule has 9 aromatic rings. The van der Waals surface area contributed by atoms with E-state index in [2.05, 4.69) is 178 Å². The van der Waals surface area contributed by atoms with Gasteiger partial charge in [-0.3, -0.25) is 4.57 Å². The lowest BCUT2D eigenvalue weighted by molar-refractivity contribution is 0.661. The molecule has 1 atom stereocenters. The predicted octanol–water partition coefficient (Wildman–Crippen LogP) is 10.5. The van der Waals surface area contributed by atoms with Crippen LogP contribution in [-0.4, -0.2) is 20.9 Å². The van der Waals surface area contributed by atoms with Crippen LogP contribution >= 0.6 is 0 Å². The maximum absolute atomic E-state index is 5.35. The van der Waals surface area contributed by atoms with Gasteiger partial charge in [-0.25, -0.2) is 4.99 Å². The van der Waals surface area contributed by atoms with E-state index in [-0.39, 0.29) is 6.17 Å². The van der Waals surface area contributed by atoms with Crippen molar-refractivity contribution in [1.82, 2.24) is 14.5 Å². The number of benzene rings is 7. The van der Waals surface area contributed by atoms with Gasteiger partial charge in [0.15, 0.2) is 5.84 Å². The second-order valence-electron chi connectivity index (χ2n) is 12.7. The van der Waals surface area contributed by atoms with Crippen molar-refractivity contribution < 1.29 is 0 Å². The molecule has 2 aromatic heterocycles. The van der Waals surface area contributed by atoms with Crippen molar-refractivity contribution in [3.8, 4) is 16.8 Å². The van der Waals surface area contributed by atoms with Gasteiger partial charge in [0.2, 0.25) is 5.96 Å². The van der Waals surface area contributed by atoms with E-state index in [0.29, 0.717) is 5.84 Å². The van der Waals surface area contributed by atoms with Crippen molar-refractivity contribution >= 4 is 55.4 Å². The zero-order chi connectivity index (χ0) is 33.0. The molecule has 0 spiro atoms. The van der Waals surface area contributed by atoms with E-state index in [1.165, 1.54) is 32.6 Å². The number of rotatable bonds is 4. The lowest BCUT2D eigenvalue weighted by Gasteiger charge is -2.25. The average Bonchev–Trinajstić information content (AvgIpc) is 3.72. The van der Waals surface area contributed by atoms with Crippen LogP contribution in [-0.2, 0) is 0 Å². The molecule has 50 heavy (non-hydrogen) atoms. The minimum atomic E-state index is -0.331. The van der Waals surface area contributed by atoms with Gasteiger partial charge in [-0.05, 0) is 41.0 Å². The number of hydrogen-bond acceptors (Lipinski definition) is 3. The molecule has 0 radical (unpaired) electrons. The topological polar surface area (TPSA) is 46.6 Å². The molecular formula is C45H31N5. The molecular weight excluding hydrogens is 611 g/mol. The van der Waals surface area contributed by atoms with Crippen LogP contribution < -0.4 is 5.32 Å². The van der Waals surface area contributed by atoms with Crippen molar-refractivity contribution in [2.45, 2.75) is 6.17 Å². The predicted molar refractivity (Wildman–Crippen MR) is 207 cm³/mol. The molecule has 0 amide bonds. The van der Waals surface area contributed by atoms with Crippen LogP contribution in [0.4, 0.5) is 0 Å². The van der Waals surface area contributed by atoms with Crippen LogP contribution in [0.15, 0.2) is 186 Å². The summed E-state index contributed by atoms with van der Waals surface area (Å²) in [6.45, 7) is 0. The van der Waals surface area contributed by atoms with E-state index in [0.717, 1.165) is 44.9 Å². The summed E-state index contributed by atoms with van der Waals surface area (Å²) in [6.07, 6.45) is -0.331. The maximum Gasteiger partial charge on any atom is 0.212 e. The van der Waals surface area contributed by atoms with Crippen LogP contribution in [0.3, 0.4) is 0 Å². The molecule has 0 saturated carbocycles. The second kappa shape index (κ2) is 11.5. The molecule has 0 fully saturated rings. The standard InChI is InChI=1S/C45H31N5/c1-4-14-30(15-5-1)31-24-26-33(27-25-31)44-46-43(32-16-6-2-7-17-32)47-45(48-44)50-40-23-13-11-21-36(40)38-29-28-37-35-20-10-12-22-39(35)49(41(37)42(38)50)34-18-8-3-9-19-34/h1-29,43H,(H,46,47,48).